The van der Waals surface area contributed by atoms with Crippen molar-refractivity contribution in [2.45, 2.75) is 11.8 Å². The molecule has 0 atom stereocenters. The fourth-order valence-corrected chi connectivity index (χ4v) is 1.66. The van der Waals surface area contributed by atoms with Gasteiger partial charge >= 0.3 is 0 Å². The normalized spacial score (nSPS) is 11.5. The van der Waals surface area contributed by atoms with E-state index in [-0.39, 0.29) is 0 Å². The van der Waals surface area contributed by atoms with Crippen molar-refractivity contribution in [3.8, 4) is 0 Å². The lowest BCUT2D eigenvalue weighted by Gasteiger charge is -2.04. The molecule has 1 aromatic carbocycles. The minimum Gasteiger partial charge on any atom is -0.294 e. The number of sulfonamides is 1. The lowest BCUT2D eigenvalue weighted by Crippen LogP contribution is -2.16. The molecule has 0 saturated heterocycles. The van der Waals surface area contributed by atoms with Crippen LogP contribution in [0.2, 0.25) is 0 Å². The second-order valence-electron chi connectivity index (χ2n) is 2.87. The van der Waals surface area contributed by atoms with E-state index in [1.54, 1.807) is 0 Å². The van der Waals surface area contributed by atoms with Crippen molar-refractivity contribution in [2.24, 2.45) is 5.14 Å². The molecule has 2 N–H and O–H groups in total. The Kier molecular flexibility index (Phi) is 2.87. The van der Waals surface area contributed by atoms with E-state index in [0.717, 1.165) is 6.92 Å². The number of primary sulfonamides is 1. The molecule has 0 aliphatic rings. The van der Waals surface area contributed by atoms with Crippen LogP contribution in [0.25, 0.3) is 0 Å². The van der Waals surface area contributed by atoms with Gasteiger partial charge in [0.25, 0.3) is 0 Å². The molecule has 1 aromatic rings. The monoisotopic (exact) mass is 235 g/mol. The van der Waals surface area contributed by atoms with Gasteiger partial charge in [-0.2, -0.15) is 0 Å². The van der Waals surface area contributed by atoms with Crippen LogP contribution in [0.3, 0.4) is 0 Å². The molecule has 0 unspecified atom stereocenters. The Hall–Kier alpha value is -1.34. The van der Waals surface area contributed by atoms with Gasteiger partial charge in [0, 0.05) is 0 Å². The predicted octanol–water partition coefficient (Wildman–Crippen LogP) is 0.815. The largest absolute Gasteiger partial charge is 0.294 e. The van der Waals surface area contributed by atoms with Gasteiger partial charge in [0.2, 0.25) is 10.0 Å². The zero-order valence-corrected chi connectivity index (χ0v) is 8.44. The predicted molar refractivity (Wildman–Crippen MR) is 47.7 cm³/mol. The second kappa shape index (κ2) is 3.67. The van der Waals surface area contributed by atoms with Crippen LogP contribution in [-0.2, 0) is 10.0 Å². The Morgan fingerprint density at radius 3 is 2.27 bits per heavy atom. The zero-order valence-electron chi connectivity index (χ0n) is 7.62. The van der Waals surface area contributed by atoms with Crippen LogP contribution in [0.15, 0.2) is 17.0 Å². The lowest BCUT2D eigenvalue weighted by molar-refractivity contribution is 0.101. The van der Waals surface area contributed by atoms with Gasteiger partial charge in [0.15, 0.2) is 11.6 Å². The quantitative estimate of drug-likeness (QED) is 0.771. The molecule has 0 heterocycles. The average molecular weight is 235 g/mol. The van der Waals surface area contributed by atoms with Gasteiger partial charge in [-0.05, 0) is 19.1 Å². The number of Topliss-reactive ketones (excluding diaryl/α,β-unsaturated/α-hetero) is 1. The molecule has 0 saturated carbocycles. The standard InChI is InChI=1S/C8H7F2NO3S/c1-4(12)6-2-5(9)3-7(8(6)10)15(11,13)14/h2-3H,1H3,(H2,11,13,14). The first kappa shape index (κ1) is 11.7. The maximum absolute atomic E-state index is 13.4. The Labute approximate surface area is 84.8 Å². The Morgan fingerprint density at radius 1 is 1.33 bits per heavy atom. The summed E-state index contributed by atoms with van der Waals surface area (Å²) < 4.78 is 47.9. The topological polar surface area (TPSA) is 77.2 Å². The van der Waals surface area contributed by atoms with Crippen molar-refractivity contribution < 1.29 is 22.0 Å². The molecule has 0 fully saturated rings. The summed E-state index contributed by atoms with van der Waals surface area (Å²) in [5.74, 6) is -3.14. The van der Waals surface area contributed by atoms with Crippen LogP contribution in [0.5, 0.6) is 0 Å². The van der Waals surface area contributed by atoms with Gasteiger partial charge in [-0.25, -0.2) is 22.3 Å². The van der Waals surface area contributed by atoms with E-state index in [9.17, 15) is 22.0 Å². The van der Waals surface area contributed by atoms with Crippen molar-refractivity contribution >= 4 is 15.8 Å². The molecule has 7 heteroatoms. The average Bonchev–Trinajstić information content (AvgIpc) is 2.06. The highest BCUT2D eigenvalue weighted by Crippen LogP contribution is 2.19. The van der Waals surface area contributed by atoms with Crippen molar-refractivity contribution in [2.75, 3.05) is 0 Å². The SMILES string of the molecule is CC(=O)c1cc(F)cc(S(N)(=O)=O)c1F. The van der Waals surface area contributed by atoms with E-state index in [1.807, 2.05) is 0 Å². The minimum absolute atomic E-state index is 0.428. The number of hydrogen-bond donors (Lipinski definition) is 1. The highest BCUT2D eigenvalue weighted by Gasteiger charge is 2.21. The van der Waals surface area contributed by atoms with Crippen molar-refractivity contribution in [3.63, 3.8) is 0 Å². The highest BCUT2D eigenvalue weighted by molar-refractivity contribution is 7.89. The van der Waals surface area contributed by atoms with Crippen LogP contribution in [0.4, 0.5) is 8.78 Å². The molecule has 0 radical (unpaired) electrons. The van der Waals surface area contributed by atoms with E-state index >= 15 is 0 Å². The summed E-state index contributed by atoms with van der Waals surface area (Å²) >= 11 is 0. The van der Waals surface area contributed by atoms with Gasteiger partial charge in [-0.3, -0.25) is 4.79 Å². The lowest BCUT2D eigenvalue weighted by atomic mass is 10.1. The summed E-state index contributed by atoms with van der Waals surface area (Å²) in [5, 5.41) is 4.65. The van der Waals surface area contributed by atoms with Crippen LogP contribution < -0.4 is 5.14 Å². The Balaban J connectivity index is 3.63. The number of halogens is 2. The van der Waals surface area contributed by atoms with E-state index in [1.165, 1.54) is 0 Å². The molecular weight excluding hydrogens is 228 g/mol. The molecule has 0 aromatic heterocycles. The van der Waals surface area contributed by atoms with E-state index in [2.05, 4.69) is 5.14 Å². The second-order valence-corrected chi connectivity index (χ2v) is 4.40. The maximum Gasteiger partial charge on any atom is 0.241 e. The highest BCUT2D eigenvalue weighted by atomic mass is 32.2. The van der Waals surface area contributed by atoms with Crippen LogP contribution in [-0.4, -0.2) is 14.2 Å². The van der Waals surface area contributed by atoms with E-state index in [4.69, 9.17) is 0 Å². The first-order chi connectivity index (χ1) is 6.73. The number of nitrogens with two attached hydrogens (primary N) is 1. The molecule has 0 spiro atoms. The van der Waals surface area contributed by atoms with Gasteiger partial charge in [-0.1, -0.05) is 0 Å². The van der Waals surface area contributed by atoms with Crippen molar-refractivity contribution in [1.29, 1.82) is 0 Å². The molecule has 1 rings (SSSR count). The number of rotatable bonds is 2. The number of benzene rings is 1. The first-order valence-corrected chi connectivity index (χ1v) is 5.31. The van der Waals surface area contributed by atoms with Gasteiger partial charge in [-0.15, -0.1) is 0 Å². The molecular formula is C8H7F2NO3S. The maximum atomic E-state index is 13.4. The minimum atomic E-state index is -4.38. The smallest absolute Gasteiger partial charge is 0.241 e. The molecule has 0 aliphatic carbocycles. The molecule has 0 aliphatic heterocycles. The van der Waals surface area contributed by atoms with Crippen LogP contribution in [0, 0.1) is 11.6 Å². The molecule has 82 valence electrons. The van der Waals surface area contributed by atoms with Crippen LogP contribution >= 0.6 is 0 Å². The molecule has 0 bridgehead atoms. The fourth-order valence-electron chi connectivity index (χ4n) is 1.03. The third-order valence-corrected chi connectivity index (χ3v) is 2.60. The van der Waals surface area contributed by atoms with Gasteiger partial charge in [0.05, 0.1) is 5.56 Å². The first-order valence-electron chi connectivity index (χ1n) is 3.76. The number of carbonyl (C=O) groups is 1. The number of ketones is 1. The molecule has 0 amide bonds. The summed E-state index contributed by atoms with van der Waals surface area (Å²) in [5.41, 5.74) is -0.640. The van der Waals surface area contributed by atoms with Crippen molar-refractivity contribution in [3.05, 3.63) is 29.3 Å². The van der Waals surface area contributed by atoms with Gasteiger partial charge < -0.3 is 0 Å². The summed E-state index contributed by atoms with van der Waals surface area (Å²) in [6.07, 6.45) is 0. The molecule has 15 heavy (non-hydrogen) atoms. The summed E-state index contributed by atoms with van der Waals surface area (Å²) in [6, 6.07) is 1.05. The third-order valence-electron chi connectivity index (χ3n) is 1.69. The summed E-state index contributed by atoms with van der Waals surface area (Å²) in [6.45, 7) is 0.991. The van der Waals surface area contributed by atoms with Crippen molar-refractivity contribution in [1.82, 2.24) is 0 Å². The summed E-state index contributed by atoms with van der Waals surface area (Å²) in [7, 11) is -4.38. The molecule has 4 nitrogen and oxygen atoms in total. The summed E-state index contributed by atoms with van der Waals surface area (Å²) in [4.78, 5) is 9.83. The number of hydrogen-bond acceptors (Lipinski definition) is 3. The van der Waals surface area contributed by atoms with Crippen LogP contribution in [0.1, 0.15) is 17.3 Å². The zero-order chi connectivity index (χ0) is 11.8. The number of carbonyl (C=O) groups excluding carboxylic acids is 1. The van der Waals surface area contributed by atoms with E-state index < -0.39 is 37.9 Å². The Morgan fingerprint density at radius 2 is 1.87 bits per heavy atom. The van der Waals surface area contributed by atoms with Gasteiger partial charge in [0.1, 0.15) is 10.7 Å². The Bertz CT molecular complexity index is 525. The fraction of sp³-hybridized carbons (Fsp3) is 0.125. The van der Waals surface area contributed by atoms with E-state index in [0.29, 0.717) is 12.1 Å². The third kappa shape index (κ3) is 2.37.